The molecule has 0 aliphatic rings. The number of carbonyl (C=O) groups is 1. The first kappa shape index (κ1) is 21.8. The Kier molecular flexibility index (Phi) is 7.88. The molecule has 0 bridgehead atoms. The summed E-state index contributed by atoms with van der Waals surface area (Å²) in [6, 6.07) is 14.0. The highest BCUT2D eigenvalue weighted by molar-refractivity contribution is 5.73. The highest BCUT2D eigenvalue weighted by Crippen LogP contribution is 2.19. The van der Waals surface area contributed by atoms with E-state index >= 15 is 0 Å². The molecule has 0 fully saturated rings. The number of carbonyl (C=O) groups excluding carboxylic acids is 1. The molecule has 0 saturated heterocycles. The smallest absolute Gasteiger partial charge is 0.315 e. The van der Waals surface area contributed by atoms with Crippen LogP contribution in [-0.2, 0) is 24.3 Å². The van der Waals surface area contributed by atoms with Gasteiger partial charge in [-0.15, -0.1) is 0 Å². The number of benzene rings is 2. The molecule has 0 aliphatic carbocycles. The van der Waals surface area contributed by atoms with Crippen molar-refractivity contribution in [2.75, 3.05) is 13.7 Å². The van der Waals surface area contributed by atoms with E-state index in [1.165, 1.54) is 5.56 Å². The van der Waals surface area contributed by atoms with Gasteiger partial charge in [0.15, 0.2) is 0 Å². The Morgan fingerprint density at radius 3 is 2.50 bits per heavy atom. The van der Waals surface area contributed by atoms with Crippen molar-refractivity contribution >= 4 is 6.03 Å². The van der Waals surface area contributed by atoms with Crippen LogP contribution in [0.3, 0.4) is 0 Å². The summed E-state index contributed by atoms with van der Waals surface area (Å²) < 4.78 is 11.2. The summed E-state index contributed by atoms with van der Waals surface area (Å²) in [6.45, 7) is 9.74. The van der Waals surface area contributed by atoms with Crippen LogP contribution in [0.15, 0.2) is 42.5 Å². The number of ether oxygens (including phenoxy) is 2. The first-order valence-electron chi connectivity index (χ1n) is 9.64. The van der Waals surface area contributed by atoms with Crippen molar-refractivity contribution in [1.82, 2.24) is 10.6 Å². The number of aryl methyl sites for hydroxylation is 1. The zero-order chi connectivity index (χ0) is 20.6. The number of amides is 2. The second-order valence-electron chi connectivity index (χ2n) is 7.90. The molecule has 5 heteroatoms. The van der Waals surface area contributed by atoms with E-state index in [1.807, 2.05) is 58.0 Å². The quantitative estimate of drug-likeness (QED) is 0.711. The van der Waals surface area contributed by atoms with Gasteiger partial charge in [0.25, 0.3) is 0 Å². The number of hydrogen-bond donors (Lipinski definition) is 2. The fourth-order valence-electron chi connectivity index (χ4n) is 2.79. The molecule has 0 aliphatic heterocycles. The van der Waals surface area contributed by atoms with E-state index in [0.29, 0.717) is 19.7 Å². The van der Waals surface area contributed by atoms with Crippen molar-refractivity contribution < 1.29 is 14.3 Å². The number of hydrogen-bond acceptors (Lipinski definition) is 3. The van der Waals surface area contributed by atoms with Gasteiger partial charge in [-0.2, -0.15) is 0 Å². The Balaban J connectivity index is 1.78. The second-order valence-corrected chi connectivity index (χ2v) is 7.90. The monoisotopic (exact) mass is 384 g/mol. The SMILES string of the molecule is COc1ccc(C)cc1CCNC(=O)NCc1cccc(COC(C)(C)C)c1. The summed E-state index contributed by atoms with van der Waals surface area (Å²) >= 11 is 0. The summed E-state index contributed by atoms with van der Waals surface area (Å²) in [4.78, 5) is 12.1. The molecule has 2 amide bonds. The molecular formula is C23H32N2O3. The van der Waals surface area contributed by atoms with Gasteiger partial charge in [-0.1, -0.05) is 42.0 Å². The van der Waals surface area contributed by atoms with E-state index in [0.717, 1.165) is 28.9 Å². The molecule has 0 atom stereocenters. The number of nitrogens with one attached hydrogen (secondary N) is 2. The average Bonchev–Trinajstić information content (AvgIpc) is 2.65. The van der Waals surface area contributed by atoms with Crippen molar-refractivity contribution in [2.24, 2.45) is 0 Å². The van der Waals surface area contributed by atoms with Crippen LogP contribution in [0, 0.1) is 6.92 Å². The van der Waals surface area contributed by atoms with Crippen LogP contribution in [0.4, 0.5) is 4.79 Å². The van der Waals surface area contributed by atoms with Gasteiger partial charge < -0.3 is 20.1 Å². The van der Waals surface area contributed by atoms with E-state index < -0.39 is 0 Å². The third-order valence-corrected chi connectivity index (χ3v) is 4.23. The summed E-state index contributed by atoms with van der Waals surface area (Å²) in [5.41, 5.74) is 4.24. The van der Waals surface area contributed by atoms with Crippen molar-refractivity contribution in [2.45, 2.75) is 52.9 Å². The Bertz CT molecular complexity index is 782. The highest BCUT2D eigenvalue weighted by Gasteiger charge is 2.10. The second kappa shape index (κ2) is 10.1. The molecular weight excluding hydrogens is 352 g/mol. The fraction of sp³-hybridized carbons (Fsp3) is 0.435. The fourth-order valence-corrected chi connectivity index (χ4v) is 2.79. The molecule has 0 radical (unpaired) electrons. The zero-order valence-electron chi connectivity index (χ0n) is 17.6. The van der Waals surface area contributed by atoms with Crippen LogP contribution in [0.1, 0.15) is 43.0 Å². The van der Waals surface area contributed by atoms with Gasteiger partial charge in [0.2, 0.25) is 0 Å². The molecule has 2 N–H and O–H groups in total. The van der Waals surface area contributed by atoms with Gasteiger partial charge in [-0.3, -0.25) is 0 Å². The largest absolute Gasteiger partial charge is 0.496 e. The lowest BCUT2D eigenvalue weighted by molar-refractivity contribution is -0.0149. The summed E-state index contributed by atoms with van der Waals surface area (Å²) in [5.74, 6) is 0.849. The lowest BCUT2D eigenvalue weighted by Crippen LogP contribution is -2.36. The van der Waals surface area contributed by atoms with Crippen LogP contribution >= 0.6 is 0 Å². The van der Waals surface area contributed by atoms with Gasteiger partial charge in [-0.05, 0) is 56.9 Å². The van der Waals surface area contributed by atoms with Gasteiger partial charge in [-0.25, -0.2) is 4.79 Å². The number of rotatable bonds is 8. The molecule has 0 spiro atoms. The van der Waals surface area contributed by atoms with Crippen LogP contribution in [0.5, 0.6) is 5.75 Å². The third kappa shape index (κ3) is 7.61. The van der Waals surface area contributed by atoms with Gasteiger partial charge in [0, 0.05) is 13.1 Å². The standard InChI is InChI=1S/C23H32N2O3/c1-17-9-10-21(27-5)20(13-17)11-12-24-22(26)25-15-18-7-6-8-19(14-18)16-28-23(2,3)4/h6-10,13-14H,11-12,15-16H2,1-5H3,(H2,24,25,26). The van der Waals surface area contributed by atoms with Crippen molar-refractivity contribution in [3.05, 3.63) is 64.7 Å². The molecule has 28 heavy (non-hydrogen) atoms. The van der Waals surface area contributed by atoms with E-state index in [-0.39, 0.29) is 11.6 Å². The average molecular weight is 385 g/mol. The molecule has 0 heterocycles. The van der Waals surface area contributed by atoms with Gasteiger partial charge in [0.1, 0.15) is 5.75 Å². The zero-order valence-corrected chi connectivity index (χ0v) is 17.6. The minimum absolute atomic E-state index is 0.173. The van der Waals surface area contributed by atoms with Gasteiger partial charge >= 0.3 is 6.03 Å². The molecule has 0 saturated carbocycles. The van der Waals surface area contributed by atoms with Crippen LogP contribution < -0.4 is 15.4 Å². The summed E-state index contributed by atoms with van der Waals surface area (Å²) in [6.07, 6.45) is 0.720. The van der Waals surface area contributed by atoms with Crippen molar-refractivity contribution in [3.8, 4) is 5.75 Å². The predicted molar refractivity (Wildman–Crippen MR) is 113 cm³/mol. The predicted octanol–water partition coefficient (Wildman–Crippen LogP) is 4.36. The van der Waals surface area contributed by atoms with E-state index in [9.17, 15) is 4.79 Å². The molecule has 5 nitrogen and oxygen atoms in total. The van der Waals surface area contributed by atoms with E-state index in [4.69, 9.17) is 9.47 Å². The maximum Gasteiger partial charge on any atom is 0.315 e. The first-order valence-corrected chi connectivity index (χ1v) is 9.64. The van der Waals surface area contributed by atoms with Crippen LogP contribution in [0.25, 0.3) is 0 Å². The minimum Gasteiger partial charge on any atom is -0.496 e. The van der Waals surface area contributed by atoms with Gasteiger partial charge in [0.05, 0.1) is 19.3 Å². The maximum atomic E-state index is 12.1. The molecule has 2 aromatic rings. The molecule has 0 unspecified atom stereocenters. The molecule has 0 aromatic heterocycles. The summed E-state index contributed by atoms with van der Waals surface area (Å²) in [5, 5.41) is 5.80. The Morgan fingerprint density at radius 1 is 1.04 bits per heavy atom. The Hall–Kier alpha value is -2.53. The lowest BCUT2D eigenvalue weighted by atomic mass is 10.1. The Morgan fingerprint density at radius 2 is 1.79 bits per heavy atom. The number of methoxy groups -OCH3 is 1. The Labute approximate surface area is 168 Å². The minimum atomic E-state index is -0.178. The van der Waals surface area contributed by atoms with Crippen molar-refractivity contribution in [3.63, 3.8) is 0 Å². The molecule has 2 rings (SSSR count). The van der Waals surface area contributed by atoms with Crippen LogP contribution in [0.2, 0.25) is 0 Å². The lowest BCUT2D eigenvalue weighted by Gasteiger charge is -2.19. The highest BCUT2D eigenvalue weighted by atomic mass is 16.5. The topological polar surface area (TPSA) is 59.6 Å². The van der Waals surface area contributed by atoms with E-state index in [2.05, 4.69) is 22.8 Å². The molecule has 152 valence electrons. The van der Waals surface area contributed by atoms with Crippen molar-refractivity contribution in [1.29, 1.82) is 0 Å². The third-order valence-electron chi connectivity index (χ3n) is 4.23. The maximum absolute atomic E-state index is 12.1. The number of urea groups is 1. The van der Waals surface area contributed by atoms with E-state index in [1.54, 1.807) is 7.11 Å². The first-order chi connectivity index (χ1) is 13.3. The van der Waals surface area contributed by atoms with Crippen LogP contribution in [-0.4, -0.2) is 25.3 Å². The normalized spacial score (nSPS) is 11.2. The molecule has 2 aromatic carbocycles. The summed E-state index contributed by atoms with van der Waals surface area (Å²) in [7, 11) is 1.66.